The number of carboxylic acids is 1. The highest BCUT2D eigenvalue weighted by Gasteiger charge is 2.23. The molecule has 0 atom stereocenters. The highest BCUT2D eigenvalue weighted by Crippen LogP contribution is 2.47. The first kappa shape index (κ1) is 14.2. The molecular formula is C12H11Br2NO4. The number of aromatic carboxylic acids is 1. The quantitative estimate of drug-likeness (QED) is 0.869. The van der Waals surface area contributed by atoms with Gasteiger partial charge in [0.15, 0.2) is 11.5 Å². The van der Waals surface area contributed by atoms with Crippen LogP contribution in [0.1, 0.15) is 10.5 Å². The Balaban J connectivity index is 2.98. The van der Waals surface area contributed by atoms with E-state index in [9.17, 15) is 9.90 Å². The third kappa shape index (κ3) is 2.01. The monoisotopic (exact) mass is 391 g/mol. The molecule has 0 bridgehead atoms. The number of halogens is 2. The summed E-state index contributed by atoms with van der Waals surface area (Å²) in [6, 6.07) is 1.59. The van der Waals surface area contributed by atoms with Gasteiger partial charge in [-0.25, -0.2) is 4.79 Å². The first-order valence-corrected chi connectivity index (χ1v) is 6.84. The molecule has 19 heavy (non-hydrogen) atoms. The smallest absolute Gasteiger partial charge is 0.352 e. The van der Waals surface area contributed by atoms with Crippen LogP contribution in [0, 0.1) is 0 Å². The van der Waals surface area contributed by atoms with Crippen molar-refractivity contribution >= 4 is 48.7 Å². The molecule has 0 unspecified atom stereocenters. The Morgan fingerprint density at radius 3 is 2.21 bits per heavy atom. The van der Waals surface area contributed by atoms with E-state index in [1.54, 1.807) is 17.7 Å². The van der Waals surface area contributed by atoms with Crippen LogP contribution in [0.15, 0.2) is 15.0 Å². The number of aryl methyl sites for hydroxylation is 1. The topological polar surface area (TPSA) is 60.7 Å². The van der Waals surface area contributed by atoms with E-state index in [1.807, 2.05) is 0 Å². The van der Waals surface area contributed by atoms with Crippen molar-refractivity contribution < 1.29 is 19.4 Å². The number of carbonyl (C=O) groups is 1. The van der Waals surface area contributed by atoms with Gasteiger partial charge in [-0.05, 0) is 37.9 Å². The summed E-state index contributed by atoms with van der Waals surface area (Å²) in [5.41, 5.74) is 0.911. The first-order chi connectivity index (χ1) is 8.93. The minimum absolute atomic E-state index is 0.187. The summed E-state index contributed by atoms with van der Waals surface area (Å²) in [6.45, 7) is 0. The van der Waals surface area contributed by atoms with Crippen molar-refractivity contribution in [1.82, 2.24) is 4.57 Å². The van der Waals surface area contributed by atoms with Gasteiger partial charge in [0, 0.05) is 12.4 Å². The van der Waals surface area contributed by atoms with E-state index >= 15 is 0 Å². The maximum Gasteiger partial charge on any atom is 0.352 e. The highest BCUT2D eigenvalue weighted by atomic mass is 79.9. The first-order valence-electron chi connectivity index (χ1n) is 5.25. The van der Waals surface area contributed by atoms with Gasteiger partial charge in [0.25, 0.3) is 0 Å². The van der Waals surface area contributed by atoms with E-state index in [4.69, 9.17) is 9.47 Å². The van der Waals surface area contributed by atoms with Gasteiger partial charge in [0.2, 0.25) is 0 Å². The fourth-order valence-electron chi connectivity index (χ4n) is 2.03. The SMILES string of the molecule is COc1c(OC)c(Br)c2c(cc(C(=O)O)n2C)c1Br. The summed E-state index contributed by atoms with van der Waals surface area (Å²) in [4.78, 5) is 11.2. The van der Waals surface area contributed by atoms with Crippen LogP contribution < -0.4 is 9.47 Å². The van der Waals surface area contributed by atoms with Gasteiger partial charge in [-0.2, -0.15) is 0 Å². The average molecular weight is 393 g/mol. The molecule has 7 heteroatoms. The Morgan fingerprint density at radius 2 is 1.74 bits per heavy atom. The minimum Gasteiger partial charge on any atom is -0.492 e. The third-order valence-corrected chi connectivity index (χ3v) is 4.43. The summed E-state index contributed by atoms with van der Waals surface area (Å²) in [7, 11) is 4.75. The predicted octanol–water partition coefficient (Wildman–Crippen LogP) is 3.42. The van der Waals surface area contributed by atoms with E-state index in [1.165, 1.54) is 14.2 Å². The fraction of sp³-hybridized carbons (Fsp3) is 0.250. The Hall–Kier alpha value is -1.21. The van der Waals surface area contributed by atoms with Crippen LogP contribution in [0.3, 0.4) is 0 Å². The van der Waals surface area contributed by atoms with Gasteiger partial charge in [-0.1, -0.05) is 0 Å². The van der Waals surface area contributed by atoms with E-state index in [0.717, 1.165) is 10.9 Å². The second-order valence-electron chi connectivity index (χ2n) is 3.85. The van der Waals surface area contributed by atoms with Gasteiger partial charge in [-0.3, -0.25) is 0 Å². The van der Waals surface area contributed by atoms with Crippen molar-refractivity contribution in [2.45, 2.75) is 0 Å². The van der Waals surface area contributed by atoms with Crippen molar-refractivity contribution in [3.8, 4) is 11.5 Å². The average Bonchev–Trinajstić information content (AvgIpc) is 2.71. The number of nitrogens with zero attached hydrogens (tertiary/aromatic N) is 1. The van der Waals surface area contributed by atoms with Crippen LogP contribution in [0.5, 0.6) is 11.5 Å². The zero-order valence-electron chi connectivity index (χ0n) is 10.5. The molecule has 1 heterocycles. The molecule has 0 aliphatic carbocycles. The Morgan fingerprint density at radius 1 is 1.21 bits per heavy atom. The molecule has 0 saturated heterocycles. The number of fused-ring (bicyclic) bond motifs is 1. The summed E-state index contributed by atoms with van der Waals surface area (Å²) < 4.78 is 13.5. The lowest BCUT2D eigenvalue weighted by Crippen LogP contribution is -2.04. The van der Waals surface area contributed by atoms with E-state index < -0.39 is 5.97 Å². The molecule has 5 nitrogen and oxygen atoms in total. The summed E-state index contributed by atoms with van der Waals surface area (Å²) in [5.74, 6) is 0.0415. The summed E-state index contributed by atoms with van der Waals surface area (Å²) in [5, 5.41) is 9.93. The van der Waals surface area contributed by atoms with Gasteiger partial charge >= 0.3 is 5.97 Å². The number of ether oxygens (including phenoxy) is 2. The van der Waals surface area contributed by atoms with Crippen LogP contribution in [-0.2, 0) is 7.05 Å². The third-order valence-electron chi connectivity index (χ3n) is 2.91. The Kier molecular flexibility index (Phi) is 3.78. The zero-order valence-corrected chi connectivity index (χ0v) is 13.6. The number of rotatable bonds is 3. The molecule has 0 fully saturated rings. The Labute approximate surface area is 126 Å². The number of hydrogen-bond donors (Lipinski definition) is 1. The van der Waals surface area contributed by atoms with Crippen molar-refractivity contribution in [3.05, 3.63) is 20.7 Å². The van der Waals surface area contributed by atoms with Crippen LogP contribution >= 0.6 is 31.9 Å². The molecule has 102 valence electrons. The molecule has 2 rings (SSSR count). The lowest BCUT2D eigenvalue weighted by atomic mass is 10.2. The number of aromatic nitrogens is 1. The van der Waals surface area contributed by atoms with Crippen molar-refractivity contribution in [2.75, 3.05) is 14.2 Å². The number of hydrogen-bond acceptors (Lipinski definition) is 3. The largest absolute Gasteiger partial charge is 0.492 e. The van der Waals surface area contributed by atoms with Gasteiger partial charge < -0.3 is 19.1 Å². The van der Waals surface area contributed by atoms with E-state index in [-0.39, 0.29) is 5.69 Å². The number of carboxylic acid groups (broad SMARTS) is 1. The second-order valence-corrected chi connectivity index (χ2v) is 5.44. The highest BCUT2D eigenvalue weighted by molar-refractivity contribution is 9.11. The van der Waals surface area contributed by atoms with Crippen molar-refractivity contribution in [1.29, 1.82) is 0 Å². The molecule has 1 aromatic carbocycles. The van der Waals surface area contributed by atoms with Crippen LogP contribution in [0.2, 0.25) is 0 Å². The van der Waals surface area contributed by atoms with Crippen LogP contribution in [0.4, 0.5) is 0 Å². The normalized spacial score (nSPS) is 10.8. The number of benzene rings is 1. The molecule has 2 aromatic rings. The van der Waals surface area contributed by atoms with Crippen LogP contribution in [0.25, 0.3) is 10.9 Å². The summed E-state index contributed by atoms with van der Waals surface area (Å²) >= 11 is 6.87. The maximum absolute atomic E-state index is 11.2. The second kappa shape index (κ2) is 5.05. The Bertz CT molecular complexity index is 678. The van der Waals surface area contributed by atoms with E-state index in [2.05, 4.69) is 31.9 Å². The van der Waals surface area contributed by atoms with Gasteiger partial charge in [0.05, 0.1) is 28.7 Å². The zero-order chi connectivity index (χ0) is 14.3. The van der Waals surface area contributed by atoms with Crippen LogP contribution in [-0.4, -0.2) is 29.9 Å². The summed E-state index contributed by atoms with van der Waals surface area (Å²) in [6.07, 6.45) is 0. The maximum atomic E-state index is 11.2. The lowest BCUT2D eigenvalue weighted by molar-refractivity contribution is 0.0687. The minimum atomic E-state index is -0.990. The molecule has 0 amide bonds. The molecule has 1 N–H and O–H groups in total. The fourth-order valence-corrected chi connectivity index (χ4v) is 3.50. The molecule has 1 aromatic heterocycles. The molecule has 0 aliphatic heterocycles. The molecule has 0 spiro atoms. The molecule has 0 aliphatic rings. The standard InChI is InChI=1S/C12H11Br2NO4/c1-15-6(12(16)17)4-5-7(13)10(18-2)11(19-3)8(14)9(5)15/h4H,1-3H3,(H,16,17). The molecule has 0 saturated carbocycles. The lowest BCUT2D eigenvalue weighted by Gasteiger charge is -2.13. The van der Waals surface area contributed by atoms with E-state index in [0.29, 0.717) is 20.4 Å². The van der Waals surface area contributed by atoms with Crippen molar-refractivity contribution in [3.63, 3.8) is 0 Å². The molecular weight excluding hydrogens is 382 g/mol. The molecule has 0 radical (unpaired) electrons. The predicted molar refractivity (Wildman–Crippen MR) is 78.4 cm³/mol. The van der Waals surface area contributed by atoms with Crippen molar-refractivity contribution in [2.24, 2.45) is 7.05 Å². The van der Waals surface area contributed by atoms with Gasteiger partial charge in [-0.15, -0.1) is 0 Å². The number of methoxy groups -OCH3 is 2. The van der Waals surface area contributed by atoms with Gasteiger partial charge in [0.1, 0.15) is 5.69 Å².